The largest absolute Gasteiger partial charge is 0.496 e. The van der Waals surface area contributed by atoms with E-state index in [2.05, 4.69) is 17.1 Å². The van der Waals surface area contributed by atoms with Gasteiger partial charge in [0.05, 0.1) is 13.2 Å². The lowest BCUT2D eigenvalue weighted by atomic mass is 9.99. The minimum atomic E-state index is -0.312. The van der Waals surface area contributed by atoms with E-state index in [4.69, 9.17) is 4.74 Å². The number of nitrogens with zero attached hydrogens (tertiary/aromatic N) is 1. The molecule has 0 radical (unpaired) electrons. The van der Waals surface area contributed by atoms with E-state index < -0.39 is 0 Å². The smallest absolute Gasteiger partial charge is 0.123 e. The van der Waals surface area contributed by atoms with Gasteiger partial charge in [-0.25, -0.2) is 0 Å². The van der Waals surface area contributed by atoms with Crippen molar-refractivity contribution in [1.29, 1.82) is 0 Å². The van der Waals surface area contributed by atoms with Crippen molar-refractivity contribution in [3.63, 3.8) is 0 Å². The van der Waals surface area contributed by atoms with Crippen molar-refractivity contribution in [2.24, 2.45) is 5.92 Å². The second kappa shape index (κ2) is 8.37. The lowest BCUT2D eigenvalue weighted by Gasteiger charge is -2.31. The predicted molar refractivity (Wildman–Crippen MR) is 85.5 cm³/mol. The fourth-order valence-corrected chi connectivity index (χ4v) is 2.83. The minimum absolute atomic E-state index is 0.312. The molecule has 4 nitrogen and oxygen atoms in total. The summed E-state index contributed by atoms with van der Waals surface area (Å²) in [4.78, 5) is 2.37. The number of aliphatic hydroxyl groups excluding tert-OH is 1. The zero-order valence-corrected chi connectivity index (χ0v) is 13.2. The Hall–Kier alpha value is -1.10. The van der Waals surface area contributed by atoms with Crippen molar-refractivity contribution in [3.8, 4) is 5.75 Å². The summed E-state index contributed by atoms with van der Waals surface area (Å²) in [7, 11) is 1.69. The van der Waals surface area contributed by atoms with Crippen LogP contribution in [0.25, 0.3) is 0 Å². The number of β-amino-alcohol motifs (C(OH)–C–C–N with tert-alkyl or cyclic N) is 1. The second-order valence-corrected chi connectivity index (χ2v) is 6.08. The van der Waals surface area contributed by atoms with Crippen molar-refractivity contribution < 1.29 is 9.84 Å². The summed E-state index contributed by atoms with van der Waals surface area (Å²) >= 11 is 0. The van der Waals surface area contributed by atoms with Crippen LogP contribution in [0, 0.1) is 5.92 Å². The van der Waals surface area contributed by atoms with Gasteiger partial charge in [-0.2, -0.15) is 0 Å². The van der Waals surface area contributed by atoms with Gasteiger partial charge < -0.3 is 20.1 Å². The summed E-state index contributed by atoms with van der Waals surface area (Å²) in [5.74, 6) is 1.73. The van der Waals surface area contributed by atoms with E-state index in [0.717, 1.165) is 43.4 Å². The van der Waals surface area contributed by atoms with Crippen LogP contribution in [0.2, 0.25) is 0 Å². The Bertz CT molecular complexity index is 417. The van der Waals surface area contributed by atoms with Crippen LogP contribution in [-0.4, -0.2) is 49.4 Å². The first kappa shape index (κ1) is 16.3. The average Bonchev–Trinajstić information content (AvgIpc) is 2.50. The SMILES string of the molecule is COc1ccccc1CNCC(O)CN1CCC(C)CC1. The highest BCUT2D eigenvalue weighted by Crippen LogP contribution is 2.17. The summed E-state index contributed by atoms with van der Waals surface area (Å²) in [6.07, 6.45) is 2.19. The Morgan fingerprint density at radius 3 is 2.76 bits per heavy atom. The van der Waals surface area contributed by atoms with Crippen molar-refractivity contribution in [1.82, 2.24) is 10.2 Å². The first-order chi connectivity index (χ1) is 10.2. The van der Waals surface area contributed by atoms with E-state index in [-0.39, 0.29) is 6.10 Å². The van der Waals surface area contributed by atoms with Crippen LogP contribution in [0.4, 0.5) is 0 Å². The number of piperidine rings is 1. The monoisotopic (exact) mass is 292 g/mol. The maximum atomic E-state index is 10.1. The summed E-state index contributed by atoms with van der Waals surface area (Å²) in [5.41, 5.74) is 1.12. The van der Waals surface area contributed by atoms with Crippen LogP contribution in [-0.2, 0) is 6.54 Å². The molecule has 118 valence electrons. The molecular formula is C17H28N2O2. The standard InChI is InChI=1S/C17H28N2O2/c1-14-7-9-19(10-8-14)13-16(20)12-18-11-15-5-3-4-6-17(15)21-2/h3-6,14,16,18,20H,7-13H2,1-2H3. The number of ether oxygens (including phenoxy) is 1. The summed E-state index contributed by atoms with van der Waals surface area (Å²) in [6, 6.07) is 7.98. The zero-order chi connectivity index (χ0) is 15.1. The zero-order valence-electron chi connectivity index (χ0n) is 13.2. The highest BCUT2D eigenvalue weighted by atomic mass is 16.5. The second-order valence-electron chi connectivity index (χ2n) is 6.08. The summed E-state index contributed by atoms with van der Waals surface area (Å²) in [6.45, 7) is 6.64. The Labute approximate surface area is 128 Å². The molecule has 0 spiro atoms. The molecule has 1 heterocycles. The third kappa shape index (κ3) is 5.30. The summed E-state index contributed by atoms with van der Waals surface area (Å²) in [5, 5.41) is 13.5. The van der Waals surface area contributed by atoms with Gasteiger partial charge in [0.15, 0.2) is 0 Å². The predicted octanol–water partition coefficient (Wildman–Crippen LogP) is 1.88. The molecule has 0 aliphatic carbocycles. The molecule has 1 unspecified atom stereocenters. The molecule has 1 fully saturated rings. The fourth-order valence-electron chi connectivity index (χ4n) is 2.83. The fraction of sp³-hybridized carbons (Fsp3) is 0.647. The van der Waals surface area contributed by atoms with Crippen LogP contribution < -0.4 is 10.1 Å². The normalized spacial score (nSPS) is 18.6. The molecule has 1 saturated heterocycles. The number of likely N-dealkylation sites (tertiary alicyclic amines) is 1. The quantitative estimate of drug-likeness (QED) is 0.805. The third-order valence-electron chi connectivity index (χ3n) is 4.23. The van der Waals surface area contributed by atoms with Gasteiger partial charge in [-0.15, -0.1) is 0 Å². The van der Waals surface area contributed by atoms with Crippen LogP contribution in [0.5, 0.6) is 5.75 Å². The van der Waals surface area contributed by atoms with Gasteiger partial charge in [0.2, 0.25) is 0 Å². The Morgan fingerprint density at radius 1 is 1.33 bits per heavy atom. The molecule has 1 aliphatic rings. The highest BCUT2D eigenvalue weighted by Gasteiger charge is 2.18. The van der Waals surface area contributed by atoms with Gasteiger partial charge in [-0.1, -0.05) is 25.1 Å². The number of rotatable bonds is 7. The average molecular weight is 292 g/mol. The molecule has 1 aromatic rings. The van der Waals surface area contributed by atoms with Crippen LogP contribution in [0.3, 0.4) is 0 Å². The number of methoxy groups -OCH3 is 1. The summed E-state index contributed by atoms with van der Waals surface area (Å²) < 4.78 is 5.32. The van der Waals surface area contributed by atoms with E-state index in [1.54, 1.807) is 7.11 Å². The van der Waals surface area contributed by atoms with Gasteiger partial charge >= 0.3 is 0 Å². The van der Waals surface area contributed by atoms with Crippen molar-refractivity contribution >= 4 is 0 Å². The van der Waals surface area contributed by atoms with Gasteiger partial charge in [0.1, 0.15) is 5.75 Å². The van der Waals surface area contributed by atoms with Crippen LogP contribution in [0.1, 0.15) is 25.3 Å². The Kier molecular flexibility index (Phi) is 6.49. The molecule has 0 saturated carbocycles. The molecule has 21 heavy (non-hydrogen) atoms. The number of benzene rings is 1. The number of hydrogen-bond acceptors (Lipinski definition) is 4. The molecular weight excluding hydrogens is 264 g/mol. The first-order valence-electron chi connectivity index (χ1n) is 7.92. The number of nitrogens with one attached hydrogen (secondary N) is 1. The molecule has 1 aliphatic heterocycles. The molecule has 1 atom stereocenters. The Morgan fingerprint density at radius 2 is 2.05 bits per heavy atom. The lowest BCUT2D eigenvalue weighted by molar-refractivity contribution is 0.0906. The number of hydrogen-bond donors (Lipinski definition) is 2. The van der Waals surface area contributed by atoms with Gasteiger partial charge in [-0.05, 0) is 37.9 Å². The molecule has 1 aromatic carbocycles. The molecule has 2 rings (SSSR count). The molecule has 4 heteroatoms. The number of para-hydroxylation sites is 1. The van der Waals surface area contributed by atoms with E-state index in [1.807, 2.05) is 24.3 Å². The van der Waals surface area contributed by atoms with Crippen LogP contribution >= 0.6 is 0 Å². The minimum Gasteiger partial charge on any atom is -0.496 e. The molecule has 2 N–H and O–H groups in total. The third-order valence-corrected chi connectivity index (χ3v) is 4.23. The highest BCUT2D eigenvalue weighted by molar-refractivity contribution is 5.32. The van der Waals surface area contributed by atoms with E-state index in [0.29, 0.717) is 6.54 Å². The van der Waals surface area contributed by atoms with E-state index >= 15 is 0 Å². The molecule has 0 aromatic heterocycles. The van der Waals surface area contributed by atoms with Gasteiger partial charge in [-0.3, -0.25) is 0 Å². The maximum absolute atomic E-state index is 10.1. The molecule has 0 bridgehead atoms. The van der Waals surface area contributed by atoms with Crippen molar-refractivity contribution in [3.05, 3.63) is 29.8 Å². The van der Waals surface area contributed by atoms with Crippen molar-refractivity contribution in [2.45, 2.75) is 32.4 Å². The van der Waals surface area contributed by atoms with E-state index in [1.165, 1.54) is 12.8 Å². The van der Waals surface area contributed by atoms with Gasteiger partial charge in [0.25, 0.3) is 0 Å². The topological polar surface area (TPSA) is 44.7 Å². The maximum Gasteiger partial charge on any atom is 0.123 e. The van der Waals surface area contributed by atoms with E-state index in [9.17, 15) is 5.11 Å². The Balaban J connectivity index is 1.68. The first-order valence-corrected chi connectivity index (χ1v) is 7.92. The number of aliphatic hydroxyl groups is 1. The molecule has 0 amide bonds. The lowest BCUT2D eigenvalue weighted by Crippen LogP contribution is -2.41. The van der Waals surface area contributed by atoms with Gasteiger partial charge in [0, 0.05) is 25.2 Å². The van der Waals surface area contributed by atoms with Crippen molar-refractivity contribution in [2.75, 3.05) is 33.3 Å². The van der Waals surface area contributed by atoms with Crippen LogP contribution in [0.15, 0.2) is 24.3 Å².